The largest absolute Gasteiger partial charge is 0.356 e. The highest BCUT2D eigenvalue weighted by Crippen LogP contribution is 2.08. The quantitative estimate of drug-likeness (QED) is 0.480. The number of aryl methyl sites for hydroxylation is 1. The molecule has 0 atom stereocenters. The van der Waals surface area contributed by atoms with E-state index in [9.17, 15) is 4.39 Å². The van der Waals surface area contributed by atoms with Crippen LogP contribution in [-0.4, -0.2) is 32.3 Å². The summed E-state index contributed by atoms with van der Waals surface area (Å²) in [4.78, 5) is 9.80. The van der Waals surface area contributed by atoms with Gasteiger partial charge in [0.05, 0.1) is 18.8 Å². The Kier molecular flexibility index (Phi) is 6.48. The van der Waals surface area contributed by atoms with Crippen LogP contribution in [0.5, 0.6) is 0 Å². The van der Waals surface area contributed by atoms with E-state index in [-0.39, 0.29) is 12.4 Å². The third-order valence-corrected chi connectivity index (χ3v) is 5.00. The molecule has 2 N–H and O–H groups in total. The summed E-state index contributed by atoms with van der Waals surface area (Å²) in [6.07, 6.45) is 2.45. The highest BCUT2D eigenvalue weighted by atomic mass is 32.1. The van der Waals surface area contributed by atoms with Crippen LogP contribution in [0.25, 0.3) is 0 Å². The van der Waals surface area contributed by atoms with Gasteiger partial charge in [-0.25, -0.2) is 9.38 Å². The maximum atomic E-state index is 13.8. The molecule has 0 saturated carbocycles. The monoisotopic (exact) mass is 387 g/mol. The fraction of sp³-hybridized carbons (Fsp3) is 0.333. The molecule has 0 amide bonds. The Hall–Kier alpha value is -2.81. The number of rotatable bonds is 7. The Labute approximate surface area is 161 Å². The molecule has 0 fully saturated rings. The summed E-state index contributed by atoms with van der Waals surface area (Å²) in [7, 11) is 1.91. The zero-order valence-corrected chi connectivity index (χ0v) is 16.1. The molecule has 9 heteroatoms. The van der Waals surface area contributed by atoms with Gasteiger partial charge in [-0.1, -0.05) is 6.07 Å². The second-order valence-corrected chi connectivity index (χ2v) is 6.96. The Morgan fingerprint density at radius 2 is 2.15 bits per heavy atom. The molecule has 27 heavy (non-hydrogen) atoms. The van der Waals surface area contributed by atoms with Gasteiger partial charge in [0.1, 0.15) is 11.6 Å². The molecule has 0 aromatic carbocycles. The lowest BCUT2D eigenvalue weighted by atomic mass is 10.3. The number of aromatic nitrogens is 4. The Morgan fingerprint density at radius 1 is 1.26 bits per heavy atom. The zero-order chi connectivity index (χ0) is 19.1. The molecule has 0 saturated heterocycles. The SMILES string of the molecule is Cc1nnc(CNC(=NCc2ncccc2F)NCCc2cccs2)n1C. The van der Waals surface area contributed by atoms with E-state index in [2.05, 4.69) is 42.3 Å². The lowest BCUT2D eigenvalue weighted by Crippen LogP contribution is -2.38. The molecule has 0 aliphatic carbocycles. The van der Waals surface area contributed by atoms with Crippen molar-refractivity contribution in [3.8, 4) is 0 Å². The molecule has 0 bridgehead atoms. The second kappa shape index (κ2) is 9.22. The molecule has 0 radical (unpaired) electrons. The lowest BCUT2D eigenvalue weighted by molar-refractivity contribution is 0.599. The van der Waals surface area contributed by atoms with E-state index >= 15 is 0 Å². The Bertz CT molecular complexity index is 889. The third-order valence-electron chi connectivity index (χ3n) is 4.06. The van der Waals surface area contributed by atoms with Crippen molar-refractivity contribution in [2.45, 2.75) is 26.4 Å². The number of guanidine groups is 1. The number of hydrogen-bond donors (Lipinski definition) is 2. The number of aliphatic imine (C=N–C) groups is 1. The zero-order valence-electron chi connectivity index (χ0n) is 15.3. The van der Waals surface area contributed by atoms with Gasteiger partial charge < -0.3 is 15.2 Å². The summed E-state index contributed by atoms with van der Waals surface area (Å²) in [6, 6.07) is 7.09. The molecule has 0 spiro atoms. The number of nitrogens with one attached hydrogen (secondary N) is 2. The van der Waals surface area contributed by atoms with Gasteiger partial charge in [-0.05, 0) is 36.9 Å². The average Bonchev–Trinajstić information content (AvgIpc) is 3.29. The van der Waals surface area contributed by atoms with Crippen LogP contribution in [0.3, 0.4) is 0 Å². The first kappa shape index (κ1) is 19.0. The van der Waals surface area contributed by atoms with Crippen molar-refractivity contribution < 1.29 is 4.39 Å². The van der Waals surface area contributed by atoms with Crippen LogP contribution in [0, 0.1) is 12.7 Å². The molecular weight excluding hydrogens is 365 g/mol. The highest BCUT2D eigenvalue weighted by molar-refractivity contribution is 7.09. The van der Waals surface area contributed by atoms with Crippen molar-refractivity contribution in [1.82, 2.24) is 30.4 Å². The Morgan fingerprint density at radius 3 is 2.85 bits per heavy atom. The van der Waals surface area contributed by atoms with Gasteiger partial charge >= 0.3 is 0 Å². The first-order valence-corrected chi connectivity index (χ1v) is 9.50. The summed E-state index contributed by atoms with van der Waals surface area (Å²) >= 11 is 1.72. The van der Waals surface area contributed by atoms with Gasteiger partial charge in [-0.2, -0.15) is 0 Å². The first-order valence-electron chi connectivity index (χ1n) is 8.62. The van der Waals surface area contributed by atoms with E-state index in [0.717, 1.165) is 24.6 Å². The molecule has 3 aromatic heterocycles. The average molecular weight is 387 g/mol. The third kappa shape index (κ3) is 5.33. The van der Waals surface area contributed by atoms with Crippen molar-refractivity contribution in [3.05, 3.63) is 63.9 Å². The van der Waals surface area contributed by atoms with Crippen molar-refractivity contribution in [2.24, 2.45) is 12.0 Å². The predicted molar refractivity (Wildman–Crippen MR) is 104 cm³/mol. The van der Waals surface area contributed by atoms with Crippen molar-refractivity contribution in [3.63, 3.8) is 0 Å². The molecule has 3 heterocycles. The molecule has 142 valence electrons. The van der Waals surface area contributed by atoms with Crippen LogP contribution in [0.15, 0.2) is 40.8 Å². The number of halogens is 1. The maximum Gasteiger partial charge on any atom is 0.192 e. The summed E-state index contributed by atoms with van der Waals surface area (Å²) in [5, 5.41) is 16.8. The van der Waals surface area contributed by atoms with Gasteiger partial charge in [0.15, 0.2) is 11.8 Å². The maximum absolute atomic E-state index is 13.8. The summed E-state index contributed by atoms with van der Waals surface area (Å²) in [5.74, 6) is 1.86. The topological polar surface area (TPSA) is 80.0 Å². The standard InChI is InChI=1S/C18H22FN7S/c1-13-24-25-17(26(13)2)12-23-18(21-9-7-14-5-4-10-27-14)22-11-16-15(19)6-3-8-20-16/h3-6,8,10H,7,9,11-12H2,1-2H3,(H2,21,22,23). The van der Waals surface area contributed by atoms with Crippen molar-refractivity contribution >= 4 is 17.3 Å². The van der Waals surface area contributed by atoms with Gasteiger partial charge in [0.25, 0.3) is 0 Å². The van der Waals surface area contributed by atoms with Gasteiger partial charge in [0, 0.05) is 24.7 Å². The fourth-order valence-corrected chi connectivity index (χ4v) is 3.10. The molecule has 3 aromatic rings. The number of nitrogens with zero attached hydrogens (tertiary/aromatic N) is 5. The summed E-state index contributed by atoms with van der Waals surface area (Å²) < 4.78 is 15.7. The van der Waals surface area contributed by atoms with E-state index in [0.29, 0.717) is 18.2 Å². The van der Waals surface area contributed by atoms with Crippen LogP contribution in [0.1, 0.15) is 22.2 Å². The van der Waals surface area contributed by atoms with E-state index in [1.165, 1.54) is 10.9 Å². The summed E-state index contributed by atoms with van der Waals surface area (Å²) in [6.45, 7) is 3.23. The minimum absolute atomic E-state index is 0.152. The van der Waals surface area contributed by atoms with Gasteiger partial charge in [0.2, 0.25) is 0 Å². The smallest absolute Gasteiger partial charge is 0.192 e. The van der Waals surface area contributed by atoms with Crippen LogP contribution in [0.4, 0.5) is 4.39 Å². The minimum atomic E-state index is -0.358. The molecular formula is C18H22FN7S. The normalized spacial score (nSPS) is 11.6. The van der Waals surface area contributed by atoms with E-state index in [1.54, 1.807) is 23.6 Å². The molecule has 0 aliphatic heterocycles. The van der Waals surface area contributed by atoms with Gasteiger partial charge in [-0.15, -0.1) is 21.5 Å². The van der Waals surface area contributed by atoms with E-state index in [4.69, 9.17) is 0 Å². The molecule has 3 rings (SSSR count). The van der Waals surface area contributed by atoms with E-state index in [1.807, 2.05) is 24.6 Å². The first-order chi connectivity index (χ1) is 13.1. The number of thiophene rings is 1. The van der Waals surface area contributed by atoms with Crippen LogP contribution in [-0.2, 0) is 26.6 Å². The number of pyridine rings is 1. The van der Waals surface area contributed by atoms with Crippen LogP contribution in [0.2, 0.25) is 0 Å². The summed E-state index contributed by atoms with van der Waals surface area (Å²) in [5.41, 5.74) is 0.311. The van der Waals surface area contributed by atoms with E-state index < -0.39 is 0 Å². The second-order valence-electron chi connectivity index (χ2n) is 5.93. The predicted octanol–water partition coefficient (Wildman–Crippen LogP) is 2.20. The highest BCUT2D eigenvalue weighted by Gasteiger charge is 2.07. The van der Waals surface area contributed by atoms with Crippen LogP contribution < -0.4 is 10.6 Å². The lowest BCUT2D eigenvalue weighted by Gasteiger charge is -2.12. The molecule has 7 nitrogen and oxygen atoms in total. The van der Waals surface area contributed by atoms with Crippen molar-refractivity contribution in [1.29, 1.82) is 0 Å². The van der Waals surface area contributed by atoms with Crippen LogP contribution >= 0.6 is 11.3 Å². The molecule has 0 aliphatic rings. The minimum Gasteiger partial charge on any atom is -0.356 e. The fourth-order valence-electron chi connectivity index (χ4n) is 2.39. The van der Waals surface area contributed by atoms with Gasteiger partial charge in [-0.3, -0.25) is 4.98 Å². The van der Waals surface area contributed by atoms with Crippen molar-refractivity contribution in [2.75, 3.05) is 6.54 Å². The number of hydrogen-bond acceptors (Lipinski definition) is 5. The molecule has 0 unspecified atom stereocenters. The Balaban J connectivity index is 1.64.